The van der Waals surface area contributed by atoms with E-state index in [0.717, 1.165) is 82.1 Å². The van der Waals surface area contributed by atoms with Crippen LogP contribution < -0.4 is 19.8 Å². The molecule has 10 aromatic carbocycles. The molecule has 0 radical (unpaired) electrons. The van der Waals surface area contributed by atoms with Crippen molar-refractivity contribution in [3.63, 3.8) is 0 Å². The summed E-state index contributed by atoms with van der Waals surface area (Å²) < 4.78 is 84.6. The number of rotatable bonds is 11. The van der Waals surface area contributed by atoms with Gasteiger partial charge in [0, 0.05) is 11.3 Å². The van der Waals surface area contributed by atoms with Crippen LogP contribution in [0.3, 0.4) is 0 Å². The van der Waals surface area contributed by atoms with E-state index in [1.807, 2.05) is 147 Å². The minimum absolute atomic E-state index is 0.0839. The monoisotopic (exact) mass is 1220 g/mol. The summed E-state index contributed by atoms with van der Waals surface area (Å²) in [7, 11) is 0. The summed E-state index contributed by atoms with van der Waals surface area (Å²) in [5.74, 6) is 0.506. The Morgan fingerprint density at radius 2 is 1.11 bits per heavy atom. The zero-order chi connectivity index (χ0) is 60.8. The van der Waals surface area contributed by atoms with Gasteiger partial charge in [0.2, 0.25) is 0 Å². The van der Waals surface area contributed by atoms with Crippen LogP contribution in [0.25, 0.3) is 78.0 Å². The first-order chi connectivity index (χ1) is 42.4. The standard InChI is InChI=1S/C72H56BN5O.Pt/c1-48(2)41-51-44-61(54-39-37-53(38-40-54)52-22-7-5-8-23-52)71(62(45-51)56-26-19-21-49(3)42-56)76-47-75(65-33-15-16-34-66(65)76)57-27-20-28-58(46-57)79-72-70(55-24-9-6-10-25-55)50(4)43-69(74-72)78-68-36-18-17-35-67(68)77-64-32-14-12-30-60(64)59-29-11-13-31-63(59)73(77)78;/h5-40,42-46,48H,41H2,1-4H3;/i3D3,4D3,41D2;. The number of fused-ring (bicyclic) bond motifs is 9. The van der Waals surface area contributed by atoms with Crippen molar-refractivity contribution in [2.75, 3.05) is 9.62 Å². The molecule has 12 aromatic rings. The number of nitrogens with zero attached hydrogens (tertiary/aromatic N) is 5. The average molecular weight is 1220 g/mol. The SMILES string of the molecule is [2H]C([2H])([2H])c1cccc(-c2cc(C([2H])([2H])C(C)C)cc(-c3ccc(-c4ccccc4)cc3)c2-n2[c](=[Pt])n(-c3cccc(Oc4nc(N5B6c7ccccc7-c7ccccc7N6c6ccccc65)cc(C([2H])([2H])[2H])c4-c4ccccc4)c3)c3ccccc32)c1. The molecule has 0 saturated heterocycles. The first-order valence-corrected chi connectivity index (χ1v) is 28.0. The van der Waals surface area contributed by atoms with Gasteiger partial charge in [0.1, 0.15) is 0 Å². The van der Waals surface area contributed by atoms with Gasteiger partial charge in [-0.1, -0.05) is 54.6 Å². The van der Waals surface area contributed by atoms with Crippen LogP contribution in [-0.2, 0) is 25.7 Å². The van der Waals surface area contributed by atoms with Crippen LogP contribution in [0.5, 0.6) is 11.6 Å². The second-order valence-corrected chi connectivity index (χ2v) is 21.5. The molecule has 0 atom stereocenters. The molecule has 0 fully saturated rings. The van der Waals surface area contributed by atoms with E-state index in [1.54, 1.807) is 24.3 Å². The van der Waals surface area contributed by atoms with Crippen LogP contribution in [0.1, 0.15) is 41.5 Å². The number of imidazole rings is 1. The molecule has 0 N–H and O–H groups in total. The quantitative estimate of drug-likeness (QED) is 0.121. The predicted octanol–water partition coefficient (Wildman–Crippen LogP) is 17.8. The van der Waals surface area contributed by atoms with Gasteiger partial charge in [-0.2, -0.15) is 0 Å². The van der Waals surface area contributed by atoms with Crippen molar-refractivity contribution < 1.29 is 35.1 Å². The normalized spacial score (nSPS) is 14.4. The Morgan fingerprint density at radius 3 is 1.85 bits per heavy atom. The van der Waals surface area contributed by atoms with Crippen LogP contribution in [0.4, 0.5) is 22.9 Å². The van der Waals surface area contributed by atoms with Gasteiger partial charge in [0.25, 0.3) is 0 Å². The van der Waals surface area contributed by atoms with Crippen molar-refractivity contribution in [2.24, 2.45) is 5.92 Å². The molecule has 0 unspecified atom stereocenters. The molecule has 0 saturated carbocycles. The van der Waals surface area contributed by atoms with E-state index in [-0.39, 0.29) is 17.0 Å². The Hall–Kier alpha value is -9.03. The molecular weight excluding hydrogens is 1160 g/mol. The van der Waals surface area contributed by atoms with Gasteiger partial charge in [-0.25, -0.2) is 0 Å². The zero-order valence-electron chi connectivity index (χ0n) is 51.8. The van der Waals surface area contributed by atoms with Crippen molar-refractivity contribution in [1.82, 2.24) is 14.1 Å². The second-order valence-electron chi connectivity index (χ2n) is 20.5. The van der Waals surface area contributed by atoms with E-state index < -0.39 is 33.0 Å². The first kappa shape index (κ1) is 41.1. The maximum absolute atomic E-state index is 9.58. The van der Waals surface area contributed by atoms with Gasteiger partial charge in [0.05, 0.1) is 0 Å². The second kappa shape index (κ2) is 20.3. The van der Waals surface area contributed by atoms with Crippen LogP contribution in [0.15, 0.2) is 249 Å². The van der Waals surface area contributed by atoms with Crippen molar-refractivity contribution in [3.05, 3.63) is 269 Å². The van der Waals surface area contributed by atoms with Gasteiger partial charge >= 0.3 is 409 Å². The van der Waals surface area contributed by atoms with Crippen LogP contribution in [-0.4, -0.2) is 21.1 Å². The zero-order valence-corrected chi connectivity index (χ0v) is 46.1. The van der Waals surface area contributed by atoms with E-state index in [2.05, 4.69) is 129 Å². The molecule has 0 bridgehead atoms. The van der Waals surface area contributed by atoms with E-state index >= 15 is 0 Å². The van der Waals surface area contributed by atoms with Crippen molar-refractivity contribution in [3.8, 4) is 78.6 Å². The Balaban J connectivity index is 0.968. The number of hydrogen-bond donors (Lipinski definition) is 0. The predicted molar refractivity (Wildman–Crippen MR) is 328 cm³/mol. The summed E-state index contributed by atoms with van der Waals surface area (Å²) >= 11 is 2.36. The summed E-state index contributed by atoms with van der Waals surface area (Å²) in [5, 5.41) is 0. The Morgan fingerprint density at radius 1 is 0.512 bits per heavy atom. The van der Waals surface area contributed by atoms with Crippen LogP contribution in [0, 0.1) is 23.4 Å². The van der Waals surface area contributed by atoms with Gasteiger partial charge in [0.15, 0.2) is 0 Å². The van der Waals surface area contributed by atoms with E-state index in [4.69, 9.17) is 13.8 Å². The molecule has 8 heteroatoms. The number of anilines is 4. The number of benzene rings is 10. The Kier molecular flexibility index (Phi) is 10.4. The van der Waals surface area contributed by atoms with Gasteiger partial charge < -0.3 is 0 Å². The van der Waals surface area contributed by atoms with Crippen molar-refractivity contribution in [2.45, 2.75) is 33.9 Å². The molecular formula is C72H56BN5OPt. The third-order valence-electron chi connectivity index (χ3n) is 15.1. The number of ether oxygens (including phenoxy) is 1. The summed E-state index contributed by atoms with van der Waals surface area (Å²) in [6.45, 7) is -1.71. The number of pyridine rings is 1. The van der Waals surface area contributed by atoms with E-state index in [0.29, 0.717) is 39.4 Å². The minimum atomic E-state index is -2.61. The summed E-state index contributed by atoms with van der Waals surface area (Å²) in [5.41, 5.74) is 15.8. The van der Waals surface area contributed by atoms with E-state index in [1.165, 1.54) is 0 Å². The third kappa shape index (κ3) is 8.56. The van der Waals surface area contributed by atoms with Gasteiger partial charge in [-0.15, -0.1) is 0 Å². The van der Waals surface area contributed by atoms with Gasteiger partial charge in [-0.05, 0) is 17.7 Å². The molecule has 0 aliphatic carbocycles. The Labute approximate surface area is 490 Å². The number of aryl methyl sites for hydroxylation is 2. The fourth-order valence-electron chi connectivity index (χ4n) is 11.8. The fourth-order valence-corrected chi connectivity index (χ4v) is 12.9. The molecule has 6 nitrogen and oxygen atoms in total. The van der Waals surface area contributed by atoms with Crippen LogP contribution >= 0.6 is 0 Å². The van der Waals surface area contributed by atoms with Crippen LogP contribution in [0.2, 0.25) is 0 Å². The molecule has 4 heterocycles. The van der Waals surface area contributed by atoms with Crippen molar-refractivity contribution >= 4 is 46.4 Å². The Bertz CT molecular complexity index is 4760. The van der Waals surface area contributed by atoms with Crippen molar-refractivity contribution in [1.29, 1.82) is 0 Å². The topological polar surface area (TPSA) is 38.5 Å². The summed E-state index contributed by atoms with van der Waals surface area (Å²) in [6.07, 6.45) is -1.79. The number of hydrogen-bond acceptors (Lipinski definition) is 4. The number of aromatic nitrogens is 3. The number of para-hydroxylation sites is 5. The fraction of sp³-hybridized carbons (Fsp3) is 0.0833. The third-order valence-corrected chi connectivity index (χ3v) is 16.1. The van der Waals surface area contributed by atoms with E-state index in [9.17, 15) is 6.85 Å². The first-order valence-electron chi connectivity index (χ1n) is 30.8. The molecule has 0 amide bonds. The molecule has 388 valence electrons. The molecule has 0 spiro atoms. The molecule has 14 rings (SSSR count). The maximum atomic E-state index is 9.58. The summed E-state index contributed by atoms with van der Waals surface area (Å²) in [6, 6.07) is 81.1. The summed E-state index contributed by atoms with van der Waals surface area (Å²) in [4.78, 5) is 9.89. The molecule has 2 aliphatic rings. The molecule has 80 heavy (non-hydrogen) atoms. The average Bonchev–Trinajstić information content (AvgIpc) is 1.55. The molecule has 2 aliphatic heterocycles. The molecule has 2 aromatic heterocycles. The van der Waals surface area contributed by atoms with Gasteiger partial charge in [-0.3, -0.25) is 0 Å².